The zero-order valence-electron chi connectivity index (χ0n) is 9.84. The number of hydrogen-bond donors (Lipinski definition) is 2. The standard InChI is InChI=1S/C11H15N5O/c1-8(5-6-12)16(2)11(17)9-3-4-10(15-13)14-7-9/h3-4,7-8H,5,13H2,1-2H3,(H,14,15). The van der Waals surface area contributed by atoms with Gasteiger partial charge in [0, 0.05) is 19.3 Å². The largest absolute Gasteiger partial charge is 0.338 e. The van der Waals surface area contributed by atoms with Crippen molar-refractivity contribution in [2.75, 3.05) is 12.5 Å². The maximum Gasteiger partial charge on any atom is 0.255 e. The van der Waals surface area contributed by atoms with E-state index in [0.717, 1.165) is 0 Å². The van der Waals surface area contributed by atoms with Crippen LogP contribution in [0.15, 0.2) is 18.3 Å². The van der Waals surface area contributed by atoms with Crippen LogP contribution in [-0.4, -0.2) is 28.9 Å². The van der Waals surface area contributed by atoms with Crippen LogP contribution in [0.4, 0.5) is 5.82 Å². The van der Waals surface area contributed by atoms with Crippen molar-refractivity contribution >= 4 is 11.7 Å². The van der Waals surface area contributed by atoms with Gasteiger partial charge in [0.25, 0.3) is 5.91 Å². The third kappa shape index (κ3) is 3.16. The average Bonchev–Trinajstić information content (AvgIpc) is 2.37. The Kier molecular flexibility index (Phi) is 4.43. The summed E-state index contributed by atoms with van der Waals surface area (Å²) in [6.07, 6.45) is 1.76. The summed E-state index contributed by atoms with van der Waals surface area (Å²) >= 11 is 0. The molecule has 90 valence electrons. The number of carbonyl (C=O) groups excluding carboxylic acids is 1. The van der Waals surface area contributed by atoms with Crippen molar-refractivity contribution in [3.63, 3.8) is 0 Å². The summed E-state index contributed by atoms with van der Waals surface area (Å²) in [7, 11) is 1.67. The summed E-state index contributed by atoms with van der Waals surface area (Å²) < 4.78 is 0. The van der Waals surface area contributed by atoms with Crippen molar-refractivity contribution in [2.45, 2.75) is 19.4 Å². The fourth-order valence-electron chi connectivity index (χ4n) is 1.28. The van der Waals surface area contributed by atoms with Crippen LogP contribution in [-0.2, 0) is 0 Å². The number of nitrogens with two attached hydrogens (primary N) is 1. The predicted molar refractivity (Wildman–Crippen MR) is 63.8 cm³/mol. The van der Waals surface area contributed by atoms with E-state index in [1.165, 1.54) is 11.1 Å². The molecule has 1 amide bonds. The number of amides is 1. The number of anilines is 1. The molecule has 0 aliphatic heterocycles. The van der Waals surface area contributed by atoms with Gasteiger partial charge in [-0.05, 0) is 19.1 Å². The summed E-state index contributed by atoms with van der Waals surface area (Å²) in [5, 5.41) is 8.58. The molecule has 0 aliphatic rings. The van der Waals surface area contributed by atoms with Gasteiger partial charge in [0.2, 0.25) is 0 Å². The molecule has 0 saturated carbocycles. The molecule has 0 aromatic carbocycles. The second kappa shape index (κ2) is 5.82. The van der Waals surface area contributed by atoms with Gasteiger partial charge in [-0.1, -0.05) is 0 Å². The van der Waals surface area contributed by atoms with Gasteiger partial charge in [-0.15, -0.1) is 0 Å². The van der Waals surface area contributed by atoms with Gasteiger partial charge in [0.05, 0.1) is 18.1 Å². The van der Waals surface area contributed by atoms with Crippen molar-refractivity contribution in [1.82, 2.24) is 9.88 Å². The molecule has 1 unspecified atom stereocenters. The van der Waals surface area contributed by atoms with Crippen molar-refractivity contribution in [3.8, 4) is 6.07 Å². The zero-order valence-corrected chi connectivity index (χ0v) is 9.84. The smallest absolute Gasteiger partial charge is 0.255 e. The molecule has 1 rings (SSSR count). The molecule has 6 heteroatoms. The van der Waals surface area contributed by atoms with E-state index in [0.29, 0.717) is 17.8 Å². The van der Waals surface area contributed by atoms with E-state index in [9.17, 15) is 4.79 Å². The molecule has 3 N–H and O–H groups in total. The minimum atomic E-state index is -0.163. The van der Waals surface area contributed by atoms with E-state index in [2.05, 4.69) is 10.4 Å². The van der Waals surface area contributed by atoms with E-state index in [-0.39, 0.29) is 11.9 Å². The highest BCUT2D eigenvalue weighted by Crippen LogP contribution is 2.09. The van der Waals surface area contributed by atoms with Crippen LogP contribution >= 0.6 is 0 Å². The molecule has 0 spiro atoms. The Hall–Kier alpha value is -2.13. The van der Waals surface area contributed by atoms with Crippen LogP contribution in [0.3, 0.4) is 0 Å². The lowest BCUT2D eigenvalue weighted by Gasteiger charge is -2.22. The molecule has 0 fully saturated rings. The number of hydrazine groups is 1. The highest BCUT2D eigenvalue weighted by Gasteiger charge is 2.17. The molecule has 1 aromatic heterocycles. The summed E-state index contributed by atoms with van der Waals surface area (Å²) in [6, 6.07) is 5.17. The monoisotopic (exact) mass is 233 g/mol. The number of aromatic nitrogens is 1. The van der Waals surface area contributed by atoms with Gasteiger partial charge in [0.15, 0.2) is 0 Å². The third-order valence-electron chi connectivity index (χ3n) is 2.53. The highest BCUT2D eigenvalue weighted by atomic mass is 16.2. The molecule has 6 nitrogen and oxygen atoms in total. The maximum atomic E-state index is 12.0. The normalized spacial score (nSPS) is 11.4. The number of hydrogen-bond acceptors (Lipinski definition) is 5. The quantitative estimate of drug-likeness (QED) is 0.590. The second-order valence-corrected chi connectivity index (χ2v) is 3.70. The van der Waals surface area contributed by atoms with E-state index in [4.69, 9.17) is 11.1 Å². The maximum absolute atomic E-state index is 12.0. The fraction of sp³-hybridized carbons (Fsp3) is 0.364. The second-order valence-electron chi connectivity index (χ2n) is 3.70. The molecule has 1 heterocycles. The first-order chi connectivity index (χ1) is 8.10. The molecular formula is C11H15N5O. The number of nitrogens with one attached hydrogen (secondary N) is 1. The SMILES string of the molecule is CC(CC#N)N(C)C(=O)c1ccc(NN)nc1. The van der Waals surface area contributed by atoms with Gasteiger partial charge in [0.1, 0.15) is 5.82 Å². The number of nitrogens with zero attached hydrogens (tertiary/aromatic N) is 3. The van der Waals surface area contributed by atoms with Crippen molar-refractivity contribution in [2.24, 2.45) is 5.84 Å². The number of pyridine rings is 1. The summed E-state index contributed by atoms with van der Waals surface area (Å²) in [5.41, 5.74) is 2.86. The Bertz CT molecular complexity index is 422. The lowest BCUT2D eigenvalue weighted by atomic mass is 10.2. The topological polar surface area (TPSA) is 95.0 Å². The Morgan fingerprint density at radius 1 is 1.71 bits per heavy atom. The van der Waals surface area contributed by atoms with Gasteiger partial charge >= 0.3 is 0 Å². The first-order valence-electron chi connectivity index (χ1n) is 5.17. The number of rotatable bonds is 4. The molecule has 17 heavy (non-hydrogen) atoms. The Morgan fingerprint density at radius 2 is 2.41 bits per heavy atom. The van der Waals surface area contributed by atoms with Gasteiger partial charge in [-0.3, -0.25) is 4.79 Å². The summed E-state index contributed by atoms with van der Waals surface area (Å²) in [6.45, 7) is 1.82. The first kappa shape index (κ1) is 12.9. The van der Waals surface area contributed by atoms with Crippen LogP contribution in [0.2, 0.25) is 0 Å². The molecule has 0 bridgehead atoms. The molecule has 0 radical (unpaired) electrons. The fourth-order valence-corrected chi connectivity index (χ4v) is 1.28. The summed E-state index contributed by atoms with van der Waals surface area (Å²) in [4.78, 5) is 17.5. The average molecular weight is 233 g/mol. The van der Waals surface area contributed by atoms with Gasteiger partial charge in [-0.25, -0.2) is 10.8 Å². The molecule has 0 saturated heterocycles. The minimum absolute atomic E-state index is 0.125. The van der Waals surface area contributed by atoms with E-state index in [1.807, 2.05) is 13.0 Å². The van der Waals surface area contributed by atoms with E-state index < -0.39 is 0 Å². The third-order valence-corrected chi connectivity index (χ3v) is 2.53. The van der Waals surface area contributed by atoms with Crippen molar-refractivity contribution in [1.29, 1.82) is 5.26 Å². The Morgan fingerprint density at radius 3 is 2.88 bits per heavy atom. The molecule has 1 atom stereocenters. The van der Waals surface area contributed by atoms with Crippen molar-refractivity contribution in [3.05, 3.63) is 23.9 Å². The molecule has 0 aliphatic carbocycles. The predicted octanol–water partition coefficient (Wildman–Crippen LogP) is 0.741. The van der Waals surface area contributed by atoms with Crippen molar-refractivity contribution < 1.29 is 4.79 Å². The molecule has 1 aromatic rings. The lowest BCUT2D eigenvalue weighted by Crippen LogP contribution is -2.34. The highest BCUT2D eigenvalue weighted by molar-refractivity contribution is 5.94. The van der Waals surface area contributed by atoms with Crippen LogP contribution in [0.5, 0.6) is 0 Å². The minimum Gasteiger partial charge on any atom is -0.338 e. The number of nitriles is 1. The van der Waals surface area contributed by atoms with Gasteiger partial charge in [-0.2, -0.15) is 5.26 Å². The lowest BCUT2D eigenvalue weighted by molar-refractivity contribution is 0.0746. The number of carbonyl (C=O) groups is 1. The van der Waals surface area contributed by atoms with Crippen LogP contribution in [0, 0.1) is 11.3 Å². The van der Waals surface area contributed by atoms with E-state index >= 15 is 0 Å². The Balaban J connectivity index is 2.78. The van der Waals surface area contributed by atoms with Crippen LogP contribution in [0.25, 0.3) is 0 Å². The first-order valence-corrected chi connectivity index (χ1v) is 5.17. The molecular weight excluding hydrogens is 218 g/mol. The Labute approximate surface area is 100 Å². The van der Waals surface area contributed by atoms with E-state index in [1.54, 1.807) is 19.2 Å². The zero-order chi connectivity index (χ0) is 12.8. The van der Waals surface area contributed by atoms with Crippen LogP contribution < -0.4 is 11.3 Å². The summed E-state index contributed by atoms with van der Waals surface area (Å²) in [5.74, 6) is 5.51. The van der Waals surface area contributed by atoms with Crippen LogP contribution in [0.1, 0.15) is 23.7 Å². The number of nitrogen functional groups attached to an aromatic ring is 1. The van der Waals surface area contributed by atoms with Gasteiger partial charge < -0.3 is 10.3 Å².